The van der Waals surface area contributed by atoms with E-state index in [0.29, 0.717) is 10.8 Å². The minimum atomic E-state index is -5.08. The molecule has 0 aliphatic rings. The molecule has 6 nitrogen and oxygen atoms in total. The molecule has 0 saturated heterocycles. The van der Waals surface area contributed by atoms with Gasteiger partial charge in [0.1, 0.15) is 0 Å². The van der Waals surface area contributed by atoms with Crippen LogP contribution in [0.1, 0.15) is 5.69 Å². The molecule has 1 rings (SSSR count). The van der Waals surface area contributed by atoms with E-state index in [1.54, 1.807) is 5.38 Å². The number of carboxylic acids is 2. The Morgan fingerprint density at radius 3 is 2.12 bits per heavy atom. The number of carbonyl (C=O) groups is 2. The number of aliphatic carboxylic acids is 2. The number of anilines is 1. The van der Waals surface area contributed by atoms with Crippen LogP contribution in [0.3, 0.4) is 0 Å². The molecular weight excluding hydrogens is 265 g/mol. The third kappa shape index (κ3) is 7.11. The molecule has 0 amide bonds. The highest BCUT2D eigenvalue weighted by Crippen LogP contribution is 2.13. The van der Waals surface area contributed by atoms with Crippen LogP contribution in [0.15, 0.2) is 5.38 Å². The Hall–Kier alpha value is -1.84. The predicted molar refractivity (Wildman–Crippen MR) is 51.6 cm³/mol. The topological polar surface area (TPSA) is 114 Å². The van der Waals surface area contributed by atoms with Crippen molar-refractivity contribution >= 4 is 28.4 Å². The van der Waals surface area contributed by atoms with Crippen molar-refractivity contribution in [3.05, 3.63) is 11.1 Å². The second-order valence-corrected chi connectivity index (χ2v) is 3.44. The summed E-state index contributed by atoms with van der Waals surface area (Å²) >= 11 is 1.25. The molecule has 96 valence electrons. The summed E-state index contributed by atoms with van der Waals surface area (Å²) in [5, 5.41) is 17.5. The molecule has 0 fully saturated rings. The van der Waals surface area contributed by atoms with Crippen LogP contribution >= 0.6 is 11.3 Å². The van der Waals surface area contributed by atoms with E-state index in [1.165, 1.54) is 11.3 Å². The molecular formula is C7H7F3N2O4S. The molecule has 0 unspecified atom stereocenters. The Bertz CT molecular complexity index is 404. The molecule has 0 saturated carbocycles. The molecule has 0 radical (unpaired) electrons. The lowest BCUT2D eigenvalue weighted by molar-refractivity contribution is -0.192. The average Bonchev–Trinajstić information content (AvgIpc) is 2.49. The molecule has 1 aromatic rings. The summed E-state index contributed by atoms with van der Waals surface area (Å²) < 4.78 is 31.7. The van der Waals surface area contributed by atoms with Gasteiger partial charge in [-0.15, -0.1) is 11.3 Å². The predicted octanol–water partition coefficient (Wildman–Crippen LogP) is 0.986. The molecule has 10 heteroatoms. The Morgan fingerprint density at radius 2 is 1.88 bits per heavy atom. The number of alkyl halides is 3. The Labute approximate surface area is 96.5 Å². The smallest absolute Gasteiger partial charge is 0.481 e. The maximum absolute atomic E-state index is 10.6. The first kappa shape index (κ1) is 15.2. The maximum atomic E-state index is 10.6. The largest absolute Gasteiger partial charge is 0.490 e. The number of hydrogen-bond acceptors (Lipinski definition) is 5. The zero-order chi connectivity index (χ0) is 13.6. The van der Waals surface area contributed by atoms with Crippen molar-refractivity contribution in [2.75, 3.05) is 5.73 Å². The van der Waals surface area contributed by atoms with E-state index in [1.807, 2.05) is 0 Å². The first-order valence-corrected chi connectivity index (χ1v) is 4.72. The number of hydrogen-bond donors (Lipinski definition) is 3. The summed E-state index contributed by atoms with van der Waals surface area (Å²) in [6.07, 6.45) is -5.13. The van der Waals surface area contributed by atoms with Gasteiger partial charge in [-0.1, -0.05) is 0 Å². The van der Waals surface area contributed by atoms with Crippen LogP contribution in [-0.2, 0) is 16.0 Å². The molecule has 17 heavy (non-hydrogen) atoms. The van der Waals surface area contributed by atoms with E-state index in [-0.39, 0.29) is 6.42 Å². The fourth-order valence-corrected chi connectivity index (χ4v) is 1.12. The zero-order valence-electron chi connectivity index (χ0n) is 8.06. The number of nitrogen functional groups attached to an aromatic ring is 1. The minimum Gasteiger partial charge on any atom is -0.481 e. The second kappa shape index (κ2) is 6.03. The minimum absolute atomic E-state index is 0.0479. The molecule has 0 aliphatic carbocycles. The van der Waals surface area contributed by atoms with Gasteiger partial charge in [0.15, 0.2) is 5.13 Å². The van der Waals surface area contributed by atoms with E-state index in [9.17, 15) is 18.0 Å². The van der Waals surface area contributed by atoms with Crippen LogP contribution in [0.4, 0.5) is 18.3 Å². The maximum Gasteiger partial charge on any atom is 0.490 e. The van der Waals surface area contributed by atoms with Crippen LogP contribution in [0, 0.1) is 0 Å². The van der Waals surface area contributed by atoms with Crippen LogP contribution in [0.5, 0.6) is 0 Å². The van der Waals surface area contributed by atoms with Gasteiger partial charge in [0.05, 0.1) is 12.1 Å². The third-order valence-electron chi connectivity index (χ3n) is 1.14. The monoisotopic (exact) mass is 272 g/mol. The van der Waals surface area contributed by atoms with Crippen molar-refractivity contribution in [3.8, 4) is 0 Å². The van der Waals surface area contributed by atoms with Gasteiger partial charge in [0, 0.05) is 5.38 Å². The van der Waals surface area contributed by atoms with E-state index in [4.69, 9.17) is 20.7 Å². The van der Waals surface area contributed by atoms with Gasteiger partial charge >= 0.3 is 18.1 Å². The average molecular weight is 272 g/mol. The van der Waals surface area contributed by atoms with Gasteiger partial charge in [-0.3, -0.25) is 4.79 Å². The highest BCUT2D eigenvalue weighted by Gasteiger charge is 2.38. The first-order chi connectivity index (χ1) is 7.62. The van der Waals surface area contributed by atoms with Crippen molar-refractivity contribution in [1.29, 1.82) is 0 Å². The molecule has 0 spiro atoms. The SMILES string of the molecule is Nc1nc(CC(=O)O)cs1.O=C(O)C(F)(F)F. The summed E-state index contributed by atoms with van der Waals surface area (Å²) in [7, 11) is 0. The van der Waals surface area contributed by atoms with Gasteiger partial charge in [-0.25, -0.2) is 9.78 Å². The molecule has 0 aromatic carbocycles. The number of halogens is 3. The van der Waals surface area contributed by atoms with Gasteiger partial charge in [-0.05, 0) is 0 Å². The third-order valence-corrected chi connectivity index (χ3v) is 1.87. The summed E-state index contributed by atoms with van der Waals surface area (Å²) in [4.78, 5) is 22.8. The standard InChI is InChI=1S/C5H6N2O2S.C2HF3O2/c6-5-7-3(2-10-5)1-4(8)9;3-2(4,5)1(6)7/h2H,1H2,(H2,6,7)(H,8,9);(H,6,7). The molecule has 0 aliphatic heterocycles. The van der Waals surface area contributed by atoms with Gasteiger partial charge in [0.25, 0.3) is 0 Å². The van der Waals surface area contributed by atoms with Gasteiger partial charge < -0.3 is 15.9 Å². The Morgan fingerprint density at radius 1 is 1.41 bits per heavy atom. The van der Waals surface area contributed by atoms with Crippen molar-refractivity contribution in [2.24, 2.45) is 0 Å². The lowest BCUT2D eigenvalue weighted by atomic mass is 10.3. The lowest BCUT2D eigenvalue weighted by Gasteiger charge is -1.93. The molecule has 0 atom stereocenters. The zero-order valence-corrected chi connectivity index (χ0v) is 8.88. The highest BCUT2D eigenvalue weighted by atomic mass is 32.1. The fourth-order valence-electron chi connectivity index (χ4n) is 0.559. The van der Waals surface area contributed by atoms with Gasteiger partial charge in [-0.2, -0.15) is 13.2 Å². The number of aromatic nitrogens is 1. The number of nitrogens with zero attached hydrogens (tertiary/aromatic N) is 1. The van der Waals surface area contributed by atoms with E-state index >= 15 is 0 Å². The normalized spacial score (nSPS) is 10.3. The first-order valence-electron chi connectivity index (χ1n) is 3.84. The summed E-state index contributed by atoms with van der Waals surface area (Å²) in [6, 6.07) is 0. The summed E-state index contributed by atoms with van der Waals surface area (Å²) in [5.74, 6) is -3.64. The lowest BCUT2D eigenvalue weighted by Crippen LogP contribution is -2.21. The van der Waals surface area contributed by atoms with Crippen molar-refractivity contribution in [1.82, 2.24) is 4.98 Å². The van der Waals surface area contributed by atoms with Gasteiger partial charge in [0.2, 0.25) is 0 Å². The van der Waals surface area contributed by atoms with Crippen molar-refractivity contribution < 1.29 is 33.0 Å². The van der Waals surface area contributed by atoms with E-state index in [0.717, 1.165) is 0 Å². The second-order valence-electron chi connectivity index (χ2n) is 2.55. The van der Waals surface area contributed by atoms with E-state index in [2.05, 4.69) is 4.98 Å². The summed E-state index contributed by atoms with van der Waals surface area (Å²) in [5.41, 5.74) is 5.79. The van der Waals surface area contributed by atoms with Crippen LogP contribution < -0.4 is 5.73 Å². The fraction of sp³-hybridized carbons (Fsp3) is 0.286. The number of nitrogens with two attached hydrogens (primary N) is 1. The van der Waals surface area contributed by atoms with Crippen LogP contribution in [0.25, 0.3) is 0 Å². The number of rotatable bonds is 2. The molecule has 0 bridgehead atoms. The molecule has 4 N–H and O–H groups in total. The number of thiazole rings is 1. The quantitative estimate of drug-likeness (QED) is 0.739. The van der Waals surface area contributed by atoms with E-state index < -0.39 is 18.1 Å². The van der Waals surface area contributed by atoms with Crippen LogP contribution in [0.2, 0.25) is 0 Å². The number of carboxylic acid groups (broad SMARTS) is 2. The Kier molecular flexibility index (Phi) is 5.38. The highest BCUT2D eigenvalue weighted by molar-refractivity contribution is 7.13. The van der Waals surface area contributed by atoms with Crippen LogP contribution in [-0.4, -0.2) is 33.3 Å². The summed E-state index contributed by atoms with van der Waals surface area (Å²) in [6.45, 7) is 0. The Balaban J connectivity index is 0.000000325. The van der Waals surface area contributed by atoms with Crippen molar-refractivity contribution in [3.63, 3.8) is 0 Å². The molecule has 1 heterocycles. The van der Waals surface area contributed by atoms with Crippen molar-refractivity contribution in [2.45, 2.75) is 12.6 Å². The molecule has 1 aromatic heterocycles.